The number of aromatic nitrogens is 2. The number of ether oxygens (including phenoxy) is 1. The number of piperidine rings is 1. The summed E-state index contributed by atoms with van der Waals surface area (Å²) in [5.74, 6) is 0.760. The number of nitrogens with zero attached hydrogens (tertiary/aromatic N) is 3. The standard InChI is InChI=1S/C12H20N4O/c1-12(17-2)5-3-7-16(9-12)11-14-6-4-10(8-13)15-11/h4,6H,3,5,7-9,13H2,1-2H3. The minimum absolute atomic E-state index is 0.0969. The van der Waals surface area contributed by atoms with E-state index >= 15 is 0 Å². The van der Waals surface area contributed by atoms with Gasteiger partial charge in [0.1, 0.15) is 0 Å². The highest BCUT2D eigenvalue weighted by Gasteiger charge is 2.31. The zero-order chi connectivity index (χ0) is 12.3. The molecular weight excluding hydrogens is 216 g/mol. The van der Waals surface area contributed by atoms with Gasteiger partial charge in [0.2, 0.25) is 5.95 Å². The first-order valence-electron chi connectivity index (χ1n) is 5.99. The van der Waals surface area contributed by atoms with E-state index in [1.807, 2.05) is 6.07 Å². The van der Waals surface area contributed by atoms with E-state index in [2.05, 4.69) is 21.8 Å². The second-order valence-electron chi connectivity index (χ2n) is 4.73. The Morgan fingerprint density at radius 1 is 1.59 bits per heavy atom. The highest BCUT2D eigenvalue weighted by atomic mass is 16.5. The van der Waals surface area contributed by atoms with Crippen molar-refractivity contribution in [2.75, 3.05) is 25.1 Å². The zero-order valence-electron chi connectivity index (χ0n) is 10.5. The van der Waals surface area contributed by atoms with Gasteiger partial charge in [0.15, 0.2) is 0 Å². The van der Waals surface area contributed by atoms with Crippen molar-refractivity contribution >= 4 is 5.95 Å². The van der Waals surface area contributed by atoms with Gasteiger partial charge in [-0.2, -0.15) is 0 Å². The third kappa shape index (κ3) is 2.73. The highest BCUT2D eigenvalue weighted by molar-refractivity contribution is 5.32. The molecule has 2 N–H and O–H groups in total. The molecule has 1 aliphatic heterocycles. The van der Waals surface area contributed by atoms with Gasteiger partial charge < -0.3 is 15.4 Å². The van der Waals surface area contributed by atoms with Crippen LogP contribution in [0, 0.1) is 0 Å². The molecule has 1 aromatic heterocycles. The van der Waals surface area contributed by atoms with Crippen molar-refractivity contribution < 1.29 is 4.74 Å². The third-order valence-electron chi connectivity index (χ3n) is 3.34. The van der Waals surface area contributed by atoms with Gasteiger partial charge >= 0.3 is 0 Å². The minimum Gasteiger partial charge on any atom is -0.377 e. The van der Waals surface area contributed by atoms with Crippen LogP contribution < -0.4 is 10.6 Å². The predicted molar refractivity (Wildman–Crippen MR) is 66.8 cm³/mol. The first-order chi connectivity index (χ1) is 8.17. The second kappa shape index (κ2) is 4.98. The van der Waals surface area contributed by atoms with E-state index in [4.69, 9.17) is 10.5 Å². The average Bonchev–Trinajstić information content (AvgIpc) is 2.39. The number of rotatable bonds is 3. The van der Waals surface area contributed by atoms with Crippen molar-refractivity contribution in [2.45, 2.75) is 31.9 Å². The largest absolute Gasteiger partial charge is 0.377 e. The number of hydrogen-bond donors (Lipinski definition) is 1. The van der Waals surface area contributed by atoms with Crippen LogP contribution in [-0.4, -0.2) is 35.8 Å². The molecule has 0 radical (unpaired) electrons. The van der Waals surface area contributed by atoms with E-state index in [0.717, 1.165) is 37.6 Å². The maximum absolute atomic E-state index is 5.59. The van der Waals surface area contributed by atoms with Crippen LogP contribution in [0.2, 0.25) is 0 Å². The van der Waals surface area contributed by atoms with Gasteiger partial charge in [0.05, 0.1) is 11.3 Å². The maximum Gasteiger partial charge on any atom is 0.225 e. The SMILES string of the molecule is COC1(C)CCCN(c2nccc(CN)n2)C1. The number of anilines is 1. The molecule has 1 saturated heterocycles. The summed E-state index contributed by atoms with van der Waals surface area (Å²) in [6.45, 7) is 4.39. The Balaban J connectivity index is 2.16. The maximum atomic E-state index is 5.59. The van der Waals surface area contributed by atoms with Gasteiger partial charge in [-0.1, -0.05) is 0 Å². The molecule has 5 heteroatoms. The Morgan fingerprint density at radius 3 is 3.12 bits per heavy atom. The van der Waals surface area contributed by atoms with E-state index in [0.29, 0.717) is 6.54 Å². The molecule has 1 aliphatic rings. The van der Waals surface area contributed by atoms with Crippen LogP contribution in [-0.2, 0) is 11.3 Å². The van der Waals surface area contributed by atoms with E-state index in [1.54, 1.807) is 13.3 Å². The number of hydrogen-bond acceptors (Lipinski definition) is 5. The van der Waals surface area contributed by atoms with E-state index in [1.165, 1.54) is 0 Å². The van der Waals surface area contributed by atoms with Crippen LogP contribution in [0.5, 0.6) is 0 Å². The topological polar surface area (TPSA) is 64.3 Å². The predicted octanol–water partition coefficient (Wildman–Crippen LogP) is 0.941. The molecule has 2 heterocycles. The lowest BCUT2D eigenvalue weighted by atomic mass is 9.95. The molecule has 0 bridgehead atoms. The summed E-state index contributed by atoms with van der Waals surface area (Å²) in [4.78, 5) is 10.9. The monoisotopic (exact) mass is 236 g/mol. The quantitative estimate of drug-likeness (QED) is 0.846. The molecule has 1 aromatic rings. The lowest BCUT2D eigenvalue weighted by Crippen LogP contribution is -2.48. The normalized spacial score (nSPS) is 25.0. The molecule has 0 aromatic carbocycles. The fourth-order valence-corrected chi connectivity index (χ4v) is 2.19. The first-order valence-corrected chi connectivity index (χ1v) is 5.99. The van der Waals surface area contributed by atoms with Gasteiger partial charge in [-0.25, -0.2) is 9.97 Å². The van der Waals surface area contributed by atoms with Crippen molar-refractivity contribution in [2.24, 2.45) is 5.73 Å². The van der Waals surface area contributed by atoms with Gasteiger partial charge in [0, 0.05) is 32.9 Å². The lowest BCUT2D eigenvalue weighted by Gasteiger charge is -2.39. The van der Waals surface area contributed by atoms with Crippen LogP contribution in [0.15, 0.2) is 12.3 Å². The molecule has 0 saturated carbocycles. The van der Waals surface area contributed by atoms with Crippen molar-refractivity contribution in [1.82, 2.24) is 9.97 Å². The summed E-state index contributed by atoms with van der Waals surface area (Å²) in [6.07, 6.45) is 3.94. The van der Waals surface area contributed by atoms with E-state index < -0.39 is 0 Å². The molecule has 1 atom stereocenters. The fraction of sp³-hybridized carbons (Fsp3) is 0.667. The Labute approximate surface area is 102 Å². The Hall–Kier alpha value is -1.20. The van der Waals surface area contributed by atoms with Crippen LogP contribution in [0.1, 0.15) is 25.5 Å². The van der Waals surface area contributed by atoms with Gasteiger partial charge in [-0.15, -0.1) is 0 Å². The smallest absolute Gasteiger partial charge is 0.225 e. The second-order valence-corrected chi connectivity index (χ2v) is 4.73. The Kier molecular flexibility index (Phi) is 3.59. The summed E-state index contributed by atoms with van der Waals surface area (Å²) >= 11 is 0. The molecule has 0 aliphatic carbocycles. The molecule has 2 rings (SSSR count). The molecule has 94 valence electrons. The Bertz CT molecular complexity index is 385. The minimum atomic E-state index is -0.0969. The van der Waals surface area contributed by atoms with Gasteiger partial charge in [-0.3, -0.25) is 0 Å². The van der Waals surface area contributed by atoms with E-state index in [9.17, 15) is 0 Å². The number of methoxy groups -OCH3 is 1. The van der Waals surface area contributed by atoms with Crippen molar-refractivity contribution in [1.29, 1.82) is 0 Å². The molecule has 1 fully saturated rings. The highest BCUT2D eigenvalue weighted by Crippen LogP contribution is 2.26. The molecule has 5 nitrogen and oxygen atoms in total. The van der Waals surface area contributed by atoms with E-state index in [-0.39, 0.29) is 5.60 Å². The van der Waals surface area contributed by atoms with Crippen LogP contribution >= 0.6 is 0 Å². The molecule has 0 spiro atoms. The zero-order valence-corrected chi connectivity index (χ0v) is 10.5. The van der Waals surface area contributed by atoms with Crippen molar-refractivity contribution in [3.05, 3.63) is 18.0 Å². The third-order valence-corrected chi connectivity index (χ3v) is 3.34. The number of nitrogens with two attached hydrogens (primary N) is 1. The fourth-order valence-electron chi connectivity index (χ4n) is 2.19. The van der Waals surface area contributed by atoms with Gasteiger partial charge in [-0.05, 0) is 25.8 Å². The van der Waals surface area contributed by atoms with Crippen molar-refractivity contribution in [3.8, 4) is 0 Å². The van der Waals surface area contributed by atoms with Crippen LogP contribution in [0.4, 0.5) is 5.95 Å². The van der Waals surface area contributed by atoms with Crippen molar-refractivity contribution in [3.63, 3.8) is 0 Å². The molecule has 17 heavy (non-hydrogen) atoms. The first kappa shape index (κ1) is 12.3. The molecular formula is C12H20N4O. The summed E-state index contributed by atoms with van der Waals surface area (Å²) < 4.78 is 5.57. The summed E-state index contributed by atoms with van der Waals surface area (Å²) in [5.41, 5.74) is 6.37. The molecule has 0 amide bonds. The summed E-state index contributed by atoms with van der Waals surface area (Å²) in [5, 5.41) is 0. The van der Waals surface area contributed by atoms with Crippen LogP contribution in [0.3, 0.4) is 0 Å². The van der Waals surface area contributed by atoms with Crippen LogP contribution in [0.25, 0.3) is 0 Å². The Morgan fingerprint density at radius 2 is 2.41 bits per heavy atom. The average molecular weight is 236 g/mol. The summed E-state index contributed by atoms with van der Waals surface area (Å²) in [6, 6.07) is 1.85. The lowest BCUT2D eigenvalue weighted by molar-refractivity contribution is -0.00499. The molecule has 1 unspecified atom stereocenters. The summed E-state index contributed by atoms with van der Waals surface area (Å²) in [7, 11) is 1.76. The van der Waals surface area contributed by atoms with Gasteiger partial charge in [0.25, 0.3) is 0 Å².